The Kier molecular flexibility index (Phi) is 7.84. The fraction of sp³-hybridized carbons (Fsp3) is 0.0667. The van der Waals surface area contributed by atoms with Crippen LogP contribution in [-0.2, 0) is 0 Å². The van der Waals surface area contributed by atoms with Gasteiger partial charge in [-0.1, -0.05) is 18.2 Å². The zero-order valence-electron chi connectivity index (χ0n) is 22.9. The van der Waals surface area contributed by atoms with Gasteiger partial charge in [-0.05, 0) is 68.3 Å². The number of rotatable bonds is 8. The molecule has 0 spiro atoms. The number of hydrogen-bond acceptors (Lipinski definition) is 10. The Morgan fingerprint density at radius 1 is 0.977 bits per heavy atom. The summed E-state index contributed by atoms with van der Waals surface area (Å²) in [5, 5.41) is 16.6. The Balaban J connectivity index is 1.45. The summed E-state index contributed by atoms with van der Waals surface area (Å²) in [5.41, 5.74) is 0.997. The van der Waals surface area contributed by atoms with E-state index in [1.807, 2.05) is 6.07 Å². The van der Waals surface area contributed by atoms with Gasteiger partial charge >= 0.3 is 0 Å². The van der Waals surface area contributed by atoms with E-state index >= 15 is 0 Å². The molecule has 0 radical (unpaired) electrons. The Bertz CT molecular complexity index is 2160. The zero-order valence-corrected chi connectivity index (χ0v) is 26.0. The summed E-state index contributed by atoms with van der Waals surface area (Å²) in [5.74, 6) is 1.80. The van der Waals surface area contributed by atoms with Crippen molar-refractivity contribution in [3.63, 3.8) is 0 Å². The van der Waals surface area contributed by atoms with Crippen LogP contribution in [-0.4, -0.2) is 40.0 Å². The minimum absolute atomic E-state index is 0.115. The van der Waals surface area contributed by atoms with Gasteiger partial charge in [0, 0.05) is 22.2 Å². The molecule has 44 heavy (non-hydrogen) atoms. The number of furan rings is 1. The van der Waals surface area contributed by atoms with Crippen LogP contribution in [0.1, 0.15) is 5.56 Å². The van der Waals surface area contributed by atoms with Crippen molar-refractivity contribution < 1.29 is 23.6 Å². The molecule has 0 bridgehead atoms. The van der Waals surface area contributed by atoms with Crippen LogP contribution in [0.15, 0.2) is 96.2 Å². The van der Waals surface area contributed by atoms with Gasteiger partial charge in [0.25, 0.3) is 11.2 Å². The van der Waals surface area contributed by atoms with E-state index in [1.165, 1.54) is 30.1 Å². The van der Waals surface area contributed by atoms with Gasteiger partial charge in [-0.25, -0.2) is 9.97 Å². The van der Waals surface area contributed by atoms with Crippen LogP contribution < -0.4 is 19.8 Å². The summed E-state index contributed by atoms with van der Waals surface area (Å²) >= 11 is 7.07. The van der Waals surface area contributed by atoms with Gasteiger partial charge in [-0.15, -0.1) is 0 Å². The van der Waals surface area contributed by atoms with E-state index < -0.39 is 10.5 Å². The number of pyridine rings is 1. The SMILES string of the molecule is COc1cc(C=Nn2c(-c3cc4c(OC)cccc4o3)nc3ccccc3c2=O)c(Br)c(Br)c1Oc1ccc([N+](=O)[O-])cn1. The van der Waals surface area contributed by atoms with E-state index in [0.29, 0.717) is 48.3 Å². The molecule has 0 saturated heterocycles. The molecule has 220 valence electrons. The summed E-state index contributed by atoms with van der Waals surface area (Å²) in [6, 6.07) is 18.4. The molecule has 0 aliphatic carbocycles. The maximum absolute atomic E-state index is 13.7. The fourth-order valence-corrected chi connectivity index (χ4v) is 5.33. The number of aromatic nitrogens is 3. The van der Waals surface area contributed by atoms with E-state index in [2.05, 4.69) is 41.9 Å². The maximum Gasteiger partial charge on any atom is 0.287 e. The average molecular weight is 721 g/mol. The van der Waals surface area contributed by atoms with Gasteiger partial charge in [-0.3, -0.25) is 14.9 Å². The van der Waals surface area contributed by atoms with Gasteiger partial charge in [0.2, 0.25) is 11.7 Å². The standard InChI is InChI=1S/C30H19Br2N5O7/c1-41-21-8-5-9-22-19(21)13-24(43-22)29-35-20-7-4-3-6-18(20)30(38)36(29)34-14-16-12-23(42-2)28(27(32)26(16)31)44-25-11-10-17(15-33-25)37(39)40/h3-15H,1-2H3. The van der Waals surface area contributed by atoms with Crippen LogP contribution in [0.25, 0.3) is 33.5 Å². The maximum atomic E-state index is 13.7. The van der Waals surface area contributed by atoms with E-state index in [9.17, 15) is 14.9 Å². The highest BCUT2D eigenvalue weighted by molar-refractivity contribution is 9.13. The molecule has 0 amide bonds. The topological polar surface area (TPSA) is 144 Å². The minimum atomic E-state index is -0.551. The van der Waals surface area contributed by atoms with Crippen LogP contribution >= 0.6 is 31.9 Å². The number of benzene rings is 3. The molecule has 6 aromatic rings. The number of para-hydroxylation sites is 1. The van der Waals surface area contributed by atoms with Crippen molar-refractivity contribution >= 4 is 65.6 Å². The van der Waals surface area contributed by atoms with Crippen molar-refractivity contribution in [1.29, 1.82) is 0 Å². The molecule has 3 aromatic heterocycles. The molecular weight excluding hydrogens is 702 g/mol. The van der Waals surface area contributed by atoms with Crippen molar-refractivity contribution in [2.75, 3.05) is 14.2 Å². The smallest absolute Gasteiger partial charge is 0.287 e. The van der Waals surface area contributed by atoms with Gasteiger partial charge in [0.05, 0.1) is 46.1 Å². The molecular formula is C30H19Br2N5O7. The van der Waals surface area contributed by atoms with Crippen LogP contribution in [0.4, 0.5) is 5.69 Å². The lowest BCUT2D eigenvalue weighted by Gasteiger charge is -2.14. The molecule has 6 rings (SSSR count). The first-order valence-electron chi connectivity index (χ1n) is 12.8. The second-order valence-corrected chi connectivity index (χ2v) is 10.7. The lowest BCUT2D eigenvalue weighted by Crippen LogP contribution is -2.20. The first-order chi connectivity index (χ1) is 21.3. The molecule has 12 nitrogen and oxygen atoms in total. The van der Waals surface area contributed by atoms with E-state index in [-0.39, 0.29) is 23.1 Å². The van der Waals surface area contributed by atoms with Crippen molar-refractivity contribution in [3.8, 4) is 34.7 Å². The number of hydrogen-bond donors (Lipinski definition) is 0. The van der Waals surface area contributed by atoms with Crippen molar-refractivity contribution in [2.45, 2.75) is 0 Å². The summed E-state index contributed by atoms with van der Waals surface area (Å²) < 4.78 is 25.2. The van der Waals surface area contributed by atoms with Gasteiger partial charge in [0.15, 0.2) is 17.3 Å². The predicted octanol–water partition coefficient (Wildman–Crippen LogP) is 7.33. The molecule has 0 N–H and O–H groups in total. The van der Waals surface area contributed by atoms with Crippen LogP contribution in [0.3, 0.4) is 0 Å². The molecule has 0 aliphatic heterocycles. The van der Waals surface area contributed by atoms with Gasteiger partial charge in [0.1, 0.15) is 17.5 Å². The lowest BCUT2D eigenvalue weighted by molar-refractivity contribution is -0.385. The second kappa shape index (κ2) is 11.9. The Morgan fingerprint density at radius 3 is 2.50 bits per heavy atom. The molecule has 0 saturated carbocycles. The largest absolute Gasteiger partial charge is 0.496 e. The number of fused-ring (bicyclic) bond motifs is 2. The number of ether oxygens (including phenoxy) is 3. The van der Waals surface area contributed by atoms with Crippen LogP contribution in [0.2, 0.25) is 0 Å². The third-order valence-electron chi connectivity index (χ3n) is 6.54. The highest BCUT2D eigenvalue weighted by atomic mass is 79.9. The second-order valence-electron chi connectivity index (χ2n) is 9.14. The third kappa shape index (κ3) is 5.29. The monoisotopic (exact) mass is 719 g/mol. The summed E-state index contributed by atoms with van der Waals surface area (Å²) in [6.45, 7) is 0. The quantitative estimate of drug-likeness (QED) is 0.0897. The first-order valence-corrected chi connectivity index (χ1v) is 14.3. The normalized spacial score (nSPS) is 11.4. The van der Waals surface area contributed by atoms with E-state index in [1.54, 1.807) is 55.6 Å². The van der Waals surface area contributed by atoms with E-state index in [0.717, 1.165) is 11.6 Å². The minimum Gasteiger partial charge on any atom is -0.496 e. The average Bonchev–Trinajstić information content (AvgIpc) is 3.48. The molecule has 0 atom stereocenters. The van der Waals surface area contributed by atoms with Crippen molar-refractivity contribution in [3.05, 3.63) is 108 Å². The van der Waals surface area contributed by atoms with Gasteiger partial charge in [-0.2, -0.15) is 9.78 Å². The number of nitrogens with zero attached hydrogens (tertiary/aromatic N) is 5. The van der Waals surface area contributed by atoms with Gasteiger partial charge < -0.3 is 18.6 Å². The predicted molar refractivity (Wildman–Crippen MR) is 170 cm³/mol. The summed E-state index contributed by atoms with van der Waals surface area (Å²) in [6.07, 6.45) is 2.56. The highest BCUT2D eigenvalue weighted by Gasteiger charge is 2.20. The van der Waals surface area contributed by atoms with E-state index in [4.69, 9.17) is 23.6 Å². The summed E-state index contributed by atoms with van der Waals surface area (Å²) in [4.78, 5) is 32.8. The van der Waals surface area contributed by atoms with Crippen molar-refractivity contribution in [1.82, 2.24) is 14.6 Å². The summed E-state index contributed by atoms with van der Waals surface area (Å²) in [7, 11) is 3.03. The molecule has 0 aliphatic rings. The molecule has 3 heterocycles. The molecule has 14 heteroatoms. The third-order valence-corrected chi connectivity index (χ3v) is 8.68. The Morgan fingerprint density at radius 2 is 1.77 bits per heavy atom. The highest BCUT2D eigenvalue weighted by Crippen LogP contribution is 2.44. The van der Waals surface area contributed by atoms with Crippen LogP contribution in [0.5, 0.6) is 23.1 Å². The van der Waals surface area contributed by atoms with Crippen LogP contribution in [0, 0.1) is 10.1 Å². The number of methoxy groups -OCH3 is 2. The lowest BCUT2D eigenvalue weighted by atomic mass is 10.2. The fourth-order valence-electron chi connectivity index (χ4n) is 4.42. The number of halogens is 2. The molecule has 0 fully saturated rings. The first kappa shape index (κ1) is 29.0. The zero-order chi connectivity index (χ0) is 31.0. The van der Waals surface area contributed by atoms with Crippen molar-refractivity contribution in [2.24, 2.45) is 5.10 Å². The Labute approximate surface area is 264 Å². The molecule has 3 aromatic carbocycles. The number of nitro groups is 1. The Hall–Kier alpha value is -5.08. The molecule has 0 unspecified atom stereocenters.